The predicted octanol–water partition coefficient (Wildman–Crippen LogP) is 9.81. The molecule has 0 bridgehead atoms. The molecule has 0 saturated carbocycles. The first kappa shape index (κ1) is 26.4. The van der Waals surface area contributed by atoms with Crippen molar-refractivity contribution >= 4 is 33.6 Å². The van der Waals surface area contributed by atoms with Crippen molar-refractivity contribution in [1.82, 2.24) is 0 Å². The highest BCUT2D eigenvalue weighted by Gasteiger charge is 2.06. The van der Waals surface area contributed by atoms with E-state index >= 15 is 0 Å². The van der Waals surface area contributed by atoms with Gasteiger partial charge >= 0.3 is 0 Å². The minimum atomic E-state index is 0.497. The summed E-state index contributed by atoms with van der Waals surface area (Å²) in [5.41, 5.74) is 4.42. The fourth-order valence-corrected chi connectivity index (χ4v) is 5.46. The maximum atomic E-state index is 6.17. The van der Waals surface area contributed by atoms with Crippen LogP contribution >= 0.6 is 11.3 Å². The Bertz CT molecular complexity index is 1660. The number of thiophene rings is 1. The molecule has 6 rings (SSSR count). The Kier molecular flexibility index (Phi) is 8.40. The van der Waals surface area contributed by atoms with E-state index in [1.165, 1.54) is 15.0 Å². The SMILES string of the molecule is C(=C\c1cc2ccc(OCc3ccccc3)cc2s1)/c1cc(OCc2ccccc2)cc(OCc2ccccc2)c1. The normalized spacial score (nSPS) is 11.1. The Labute approximate surface area is 244 Å². The lowest BCUT2D eigenvalue weighted by atomic mass is 10.1. The summed E-state index contributed by atoms with van der Waals surface area (Å²) in [5, 5.41) is 1.20. The van der Waals surface area contributed by atoms with Crippen LogP contribution in [0.1, 0.15) is 27.1 Å². The van der Waals surface area contributed by atoms with Crippen LogP contribution in [-0.2, 0) is 19.8 Å². The molecule has 1 aromatic heterocycles. The molecule has 1 heterocycles. The van der Waals surface area contributed by atoms with E-state index in [-0.39, 0.29) is 0 Å². The van der Waals surface area contributed by atoms with Crippen LogP contribution in [0.25, 0.3) is 22.2 Å². The largest absolute Gasteiger partial charge is 0.489 e. The molecule has 0 N–H and O–H groups in total. The van der Waals surface area contributed by atoms with E-state index in [1.807, 2.05) is 66.7 Å². The number of hydrogen-bond donors (Lipinski definition) is 0. The summed E-state index contributed by atoms with van der Waals surface area (Å²) in [7, 11) is 0. The van der Waals surface area contributed by atoms with Gasteiger partial charge in [-0.25, -0.2) is 0 Å². The highest BCUT2D eigenvalue weighted by molar-refractivity contribution is 7.19. The van der Waals surface area contributed by atoms with Gasteiger partial charge in [-0.3, -0.25) is 0 Å². The van der Waals surface area contributed by atoms with Crippen LogP contribution in [0, 0.1) is 0 Å². The van der Waals surface area contributed by atoms with Crippen LogP contribution in [0.3, 0.4) is 0 Å². The number of benzene rings is 5. The van der Waals surface area contributed by atoms with E-state index in [1.54, 1.807) is 11.3 Å². The Balaban J connectivity index is 1.19. The molecule has 0 unspecified atom stereocenters. The Morgan fingerprint density at radius 1 is 0.463 bits per heavy atom. The molecule has 3 nitrogen and oxygen atoms in total. The molecule has 0 aliphatic carbocycles. The van der Waals surface area contributed by atoms with Gasteiger partial charge in [0.15, 0.2) is 0 Å². The van der Waals surface area contributed by atoms with E-state index in [9.17, 15) is 0 Å². The standard InChI is InChI=1S/C37H30O3S/c1-4-10-28(11-5-1)25-38-33-18-17-32-22-36(41-37(32)24-33)19-16-31-20-34(39-26-29-12-6-2-7-13-29)23-35(21-31)40-27-30-14-8-3-9-15-30/h1-24H,25-27H2/b19-16+. The third-order valence-electron chi connectivity index (χ3n) is 6.60. The molecular formula is C37H30O3S. The van der Waals surface area contributed by atoms with Gasteiger partial charge in [-0.2, -0.15) is 0 Å². The van der Waals surface area contributed by atoms with Crippen LogP contribution in [0.2, 0.25) is 0 Å². The van der Waals surface area contributed by atoms with Crippen molar-refractivity contribution < 1.29 is 14.2 Å². The van der Waals surface area contributed by atoms with Gasteiger partial charge in [0.05, 0.1) is 0 Å². The van der Waals surface area contributed by atoms with Crippen molar-refractivity contribution in [2.24, 2.45) is 0 Å². The molecule has 6 aromatic rings. The number of ether oxygens (including phenoxy) is 3. The molecule has 0 aliphatic heterocycles. The first-order valence-corrected chi connectivity index (χ1v) is 14.5. The lowest BCUT2D eigenvalue weighted by molar-refractivity contribution is 0.290. The third-order valence-corrected chi connectivity index (χ3v) is 7.66. The van der Waals surface area contributed by atoms with Crippen LogP contribution in [0.4, 0.5) is 0 Å². The Hall–Kier alpha value is -4.80. The zero-order valence-corrected chi connectivity index (χ0v) is 23.4. The monoisotopic (exact) mass is 554 g/mol. The van der Waals surface area contributed by atoms with Gasteiger partial charge in [0.25, 0.3) is 0 Å². The zero-order valence-electron chi connectivity index (χ0n) is 22.6. The van der Waals surface area contributed by atoms with Gasteiger partial charge in [0, 0.05) is 15.6 Å². The lowest BCUT2D eigenvalue weighted by Gasteiger charge is -2.12. The van der Waals surface area contributed by atoms with Crippen molar-refractivity contribution in [1.29, 1.82) is 0 Å². The topological polar surface area (TPSA) is 27.7 Å². The highest BCUT2D eigenvalue weighted by atomic mass is 32.1. The average Bonchev–Trinajstić information content (AvgIpc) is 3.45. The van der Waals surface area contributed by atoms with Crippen molar-refractivity contribution in [2.75, 3.05) is 0 Å². The van der Waals surface area contributed by atoms with Crippen molar-refractivity contribution in [3.05, 3.63) is 161 Å². The fourth-order valence-electron chi connectivity index (χ4n) is 4.46. The Morgan fingerprint density at radius 3 is 1.51 bits per heavy atom. The average molecular weight is 555 g/mol. The molecule has 0 fully saturated rings. The molecule has 0 spiro atoms. The van der Waals surface area contributed by atoms with Gasteiger partial charge in [0.2, 0.25) is 0 Å². The summed E-state index contributed by atoms with van der Waals surface area (Å²) in [6, 6.07) is 45.2. The maximum absolute atomic E-state index is 6.17. The quantitative estimate of drug-likeness (QED) is 0.160. The van der Waals surface area contributed by atoms with E-state index in [4.69, 9.17) is 14.2 Å². The molecule has 0 amide bonds. The van der Waals surface area contributed by atoms with Crippen molar-refractivity contribution in [2.45, 2.75) is 19.8 Å². The second-order valence-electron chi connectivity index (χ2n) is 9.74. The van der Waals surface area contributed by atoms with Crippen LogP contribution in [0.5, 0.6) is 17.2 Å². The summed E-state index contributed by atoms with van der Waals surface area (Å²) in [4.78, 5) is 1.17. The van der Waals surface area contributed by atoms with Gasteiger partial charge in [-0.1, -0.05) is 97.1 Å². The lowest BCUT2D eigenvalue weighted by Crippen LogP contribution is -1.98. The first-order chi connectivity index (χ1) is 20.3. The van der Waals surface area contributed by atoms with E-state index in [0.717, 1.165) is 39.5 Å². The minimum absolute atomic E-state index is 0.497. The molecule has 0 aliphatic rings. The van der Waals surface area contributed by atoms with Crippen molar-refractivity contribution in [3.8, 4) is 17.2 Å². The minimum Gasteiger partial charge on any atom is -0.489 e. The van der Waals surface area contributed by atoms with Crippen LogP contribution in [0.15, 0.2) is 133 Å². The van der Waals surface area contributed by atoms with Crippen LogP contribution < -0.4 is 14.2 Å². The molecular weight excluding hydrogens is 524 g/mol. The number of fused-ring (bicyclic) bond motifs is 1. The number of hydrogen-bond acceptors (Lipinski definition) is 4. The third kappa shape index (κ3) is 7.44. The molecule has 41 heavy (non-hydrogen) atoms. The molecule has 0 saturated heterocycles. The van der Waals surface area contributed by atoms with E-state index in [0.29, 0.717) is 19.8 Å². The summed E-state index contributed by atoms with van der Waals surface area (Å²) in [6.07, 6.45) is 4.26. The summed E-state index contributed by atoms with van der Waals surface area (Å²) < 4.78 is 19.6. The van der Waals surface area contributed by atoms with Crippen LogP contribution in [-0.4, -0.2) is 0 Å². The van der Waals surface area contributed by atoms with Gasteiger partial charge in [0.1, 0.15) is 37.1 Å². The summed E-state index contributed by atoms with van der Waals surface area (Å²) in [6.45, 7) is 1.55. The molecule has 0 atom stereocenters. The number of rotatable bonds is 11. The Morgan fingerprint density at radius 2 is 0.976 bits per heavy atom. The fraction of sp³-hybridized carbons (Fsp3) is 0.0811. The second-order valence-corrected chi connectivity index (χ2v) is 10.9. The first-order valence-electron chi connectivity index (χ1n) is 13.6. The molecule has 5 aromatic carbocycles. The van der Waals surface area contributed by atoms with Crippen molar-refractivity contribution in [3.63, 3.8) is 0 Å². The van der Waals surface area contributed by atoms with E-state index < -0.39 is 0 Å². The molecule has 202 valence electrons. The maximum Gasteiger partial charge on any atom is 0.124 e. The van der Waals surface area contributed by atoms with Gasteiger partial charge < -0.3 is 14.2 Å². The summed E-state index contributed by atoms with van der Waals surface area (Å²) in [5.74, 6) is 2.42. The highest BCUT2D eigenvalue weighted by Crippen LogP contribution is 2.32. The van der Waals surface area contributed by atoms with E-state index in [2.05, 4.69) is 78.9 Å². The van der Waals surface area contributed by atoms with Gasteiger partial charge in [-0.15, -0.1) is 11.3 Å². The summed E-state index contributed by atoms with van der Waals surface area (Å²) >= 11 is 1.75. The van der Waals surface area contributed by atoms with Gasteiger partial charge in [-0.05, 0) is 70.1 Å². The predicted molar refractivity (Wildman–Crippen MR) is 170 cm³/mol. The molecule has 0 radical (unpaired) electrons. The molecule has 4 heteroatoms. The second kappa shape index (κ2) is 13.0. The smallest absolute Gasteiger partial charge is 0.124 e. The zero-order chi connectivity index (χ0) is 27.7.